The Morgan fingerprint density at radius 3 is 1.57 bits per heavy atom. The van der Waals surface area contributed by atoms with Crippen LogP contribution in [0.5, 0.6) is 0 Å². The third-order valence-corrected chi connectivity index (χ3v) is 4.92. The molecule has 0 saturated heterocycles. The molecule has 0 aliphatic heterocycles. The van der Waals surface area contributed by atoms with Gasteiger partial charge in [-0.3, -0.25) is 18.8 Å². The van der Waals surface area contributed by atoms with E-state index in [1.165, 1.54) is 0 Å². The van der Waals surface area contributed by atoms with Gasteiger partial charge in [0.1, 0.15) is 6.04 Å². The van der Waals surface area contributed by atoms with Crippen LogP contribution in [0.3, 0.4) is 0 Å². The van der Waals surface area contributed by atoms with Gasteiger partial charge in [-0.2, -0.15) is 16.8 Å². The second-order valence-electron chi connectivity index (χ2n) is 5.28. The van der Waals surface area contributed by atoms with Gasteiger partial charge in [0.05, 0.1) is 11.5 Å². The minimum absolute atomic E-state index is 0.205. The van der Waals surface area contributed by atoms with E-state index in [4.69, 9.17) is 9.11 Å². The highest BCUT2D eigenvalue weighted by atomic mass is 32.2. The summed E-state index contributed by atoms with van der Waals surface area (Å²) in [5.41, 5.74) is 0. The quantitative estimate of drug-likeness (QED) is 0.309. The van der Waals surface area contributed by atoms with Crippen molar-refractivity contribution in [1.29, 1.82) is 0 Å². The molecule has 0 spiro atoms. The number of rotatable bonds is 13. The molecule has 0 amide bonds. The van der Waals surface area contributed by atoms with E-state index in [-0.39, 0.29) is 24.3 Å². The highest BCUT2D eigenvalue weighted by Gasteiger charge is 2.23. The zero-order chi connectivity index (χ0) is 18.1. The molecule has 0 heterocycles. The van der Waals surface area contributed by atoms with Crippen LogP contribution in [-0.2, 0) is 25.0 Å². The standard InChI is InChI=1S/C12H25NO8S2/c1-2-11(12(14)15)13(7-3-5-9-22(16,17)18)8-4-6-10-23(19,20)21/h11H,2-10H2,1H3,(H,14,15)(H,16,17,18)(H,19,20,21)/t11-/m0/s1. The van der Waals surface area contributed by atoms with E-state index in [0.717, 1.165) is 0 Å². The summed E-state index contributed by atoms with van der Waals surface area (Å²) < 4.78 is 59.9. The molecule has 11 heteroatoms. The van der Waals surface area contributed by atoms with E-state index in [2.05, 4.69) is 0 Å². The summed E-state index contributed by atoms with van der Waals surface area (Å²) in [6.45, 7) is 2.36. The van der Waals surface area contributed by atoms with Gasteiger partial charge in [-0.05, 0) is 45.2 Å². The second kappa shape index (κ2) is 10.2. The average molecular weight is 375 g/mol. The maximum absolute atomic E-state index is 11.2. The van der Waals surface area contributed by atoms with Crippen LogP contribution in [-0.4, -0.2) is 72.6 Å². The molecular weight excluding hydrogens is 350 g/mol. The van der Waals surface area contributed by atoms with E-state index in [0.29, 0.717) is 32.4 Å². The highest BCUT2D eigenvalue weighted by Crippen LogP contribution is 2.10. The van der Waals surface area contributed by atoms with Crippen LogP contribution >= 0.6 is 0 Å². The number of hydrogen-bond acceptors (Lipinski definition) is 6. The lowest BCUT2D eigenvalue weighted by Gasteiger charge is -2.28. The van der Waals surface area contributed by atoms with Crippen molar-refractivity contribution in [2.45, 2.75) is 45.1 Å². The topological polar surface area (TPSA) is 149 Å². The van der Waals surface area contributed by atoms with Crippen molar-refractivity contribution in [2.75, 3.05) is 24.6 Å². The van der Waals surface area contributed by atoms with Crippen LogP contribution < -0.4 is 0 Å². The fourth-order valence-electron chi connectivity index (χ4n) is 2.21. The summed E-state index contributed by atoms with van der Waals surface area (Å²) in [7, 11) is -8.06. The first-order chi connectivity index (χ1) is 10.5. The molecule has 0 aromatic rings. The fraction of sp³-hybridized carbons (Fsp3) is 0.917. The normalized spacial score (nSPS) is 14.1. The van der Waals surface area contributed by atoms with Crippen molar-refractivity contribution in [3.05, 3.63) is 0 Å². The van der Waals surface area contributed by atoms with Crippen molar-refractivity contribution < 1.29 is 35.8 Å². The summed E-state index contributed by atoms with van der Waals surface area (Å²) in [5, 5.41) is 9.20. The van der Waals surface area contributed by atoms with Crippen LogP contribution in [0.1, 0.15) is 39.0 Å². The smallest absolute Gasteiger partial charge is 0.320 e. The minimum Gasteiger partial charge on any atom is -0.480 e. The number of carbonyl (C=O) groups is 1. The molecule has 0 radical (unpaired) electrons. The summed E-state index contributed by atoms with van der Waals surface area (Å²) in [4.78, 5) is 12.9. The third-order valence-electron chi connectivity index (χ3n) is 3.31. The zero-order valence-electron chi connectivity index (χ0n) is 13.1. The van der Waals surface area contributed by atoms with Gasteiger partial charge in [0.2, 0.25) is 0 Å². The second-order valence-corrected chi connectivity index (χ2v) is 8.43. The summed E-state index contributed by atoms with van der Waals surface area (Å²) in [5.74, 6) is -1.77. The highest BCUT2D eigenvalue weighted by molar-refractivity contribution is 7.86. The molecule has 0 aliphatic rings. The molecule has 1 atom stereocenters. The third kappa shape index (κ3) is 12.4. The Balaban J connectivity index is 4.48. The Bertz CT molecular complexity index is 518. The predicted molar refractivity (Wildman–Crippen MR) is 84.6 cm³/mol. The maximum atomic E-state index is 11.2. The fourth-order valence-corrected chi connectivity index (χ4v) is 3.35. The molecule has 3 N–H and O–H groups in total. The SMILES string of the molecule is CC[C@@H](C(=O)O)N(CCCCS(=O)(=O)O)CCCCS(=O)(=O)O. The lowest BCUT2D eigenvalue weighted by Crippen LogP contribution is -2.42. The summed E-state index contributed by atoms with van der Waals surface area (Å²) >= 11 is 0. The van der Waals surface area contributed by atoms with E-state index in [9.17, 15) is 26.7 Å². The molecule has 0 saturated carbocycles. The van der Waals surface area contributed by atoms with E-state index in [1.807, 2.05) is 0 Å². The van der Waals surface area contributed by atoms with Crippen molar-refractivity contribution in [3.63, 3.8) is 0 Å². The van der Waals surface area contributed by atoms with E-state index >= 15 is 0 Å². The van der Waals surface area contributed by atoms with Crippen LogP contribution in [0, 0.1) is 0 Å². The monoisotopic (exact) mass is 375 g/mol. The maximum Gasteiger partial charge on any atom is 0.320 e. The molecule has 0 fully saturated rings. The van der Waals surface area contributed by atoms with Crippen molar-refractivity contribution in [2.24, 2.45) is 0 Å². The van der Waals surface area contributed by atoms with Crippen LogP contribution in [0.25, 0.3) is 0 Å². The molecule has 0 rings (SSSR count). The molecular formula is C12H25NO8S2. The number of carboxylic acids is 1. The van der Waals surface area contributed by atoms with Gasteiger partial charge in [0.25, 0.3) is 20.2 Å². The lowest BCUT2D eigenvalue weighted by atomic mass is 10.1. The van der Waals surface area contributed by atoms with Gasteiger partial charge in [0, 0.05) is 0 Å². The number of nitrogens with zero attached hydrogens (tertiary/aromatic N) is 1. The van der Waals surface area contributed by atoms with Gasteiger partial charge >= 0.3 is 5.97 Å². The average Bonchev–Trinajstić information content (AvgIpc) is 2.36. The molecule has 0 aromatic carbocycles. The van der Waals surface area contributed by atoms with Gasteiger partial charge in [-0.25, -0.2) is 0 Å². The van der Waals surface area contributed by atoms with E-state index in [1.54, 1.807) is 11.8 Å². The number of carboxylic acid groups (broad SMARTS) is 1. The largest absolute Gasteiger partial charge is 0.480 e. The van der Waals surface area contributed by atoms with Crippen LogP contribution in [0.15, 0.2) is 0 Å². The molecule has 9 nitrogen and oxygen atoms in total. The van der Waals surface area contributed by atoms with Gasteiger partial charge in [-0.1, -0.05) is 6.92 Å². The Morgan fingerprint density at radius 2 is 1.30 bits per heavy atom. The number of hydrogen-bond donors (Lipinski definition) is 3. The molecule has 0 unspecified atom stereocenters. The van der Waals surface area contributed by atoms with Gasteiger partial charge in [0.15, 0.2) is 0 Å². The Labute approximate surface area is 137 Å². The van der Waals surface area contributed by atoms with Crippen molar-refractivity contribution in [1.82, 2.24) is 4.90 Å². The Hall–Kier alpha value is -0.750. The molecule has 0 bridgehead atoms. The molecule has 0 aromatic heterocycles. The first-order valence-electron chi connectivity index (χ1n) is 7.33. The number of aliphatic carboxylic acids is 1. The summed E-state index contributed by atoms with van der Waals surface area (Å²) in [6.07, 6.45) is 1.54. The zero-order valence-corrected chi connectivity index (χ0v) is 14.7. The number of unbranched alkanes of at least 4 members (excludes halogenated alkanes) is 2. The minimum atomic E-state index is -4.03. The van der Waals surface area contributed by atoms with Crippen molar-refractivity contribution >= 4 is 26.2 Å². The first kappa shape index (κ1) is 22.2. The summed E-state index contributed by atoms with van der Waals surface area (Å²) in [6, 6.07) is -0.744. The predicted octanol–water partition coefficient (Wildman–Crippen LogP) is 0.488. The molecule has 23 heavy (non-hydrogen) atoms. The lowest BCUT2D eigenvalue weighted by molar-refractivity contribution is -0.143. The van der Waals surface area contributed by atoms with Crippen LogP contribution in [0.4, 0.5) is 0 Å². The van der Waals surface area contributed by atoms with Crippen LogP contribution in [0.2, 0.25) is 0 Å². The van der Waals surface area contributed by atoms with Gasteiger partial charge < -0.3 is 5.11 Å². The molecule has 138 valence electrons. The molecule has 0 aliphatic carbocycles. The Kier molecular flexibility index (Phi) is 9.85. The first-order valence-corrected chi connectivity index (χ1v) is 10.5. The van der Waals surface area contributed by atoms with Crippen molar-refractivity contribution in [3.8, 4) is 0 Å². The Morgan fingerprint density at radius 1 is 0.913 bits per heavy atom. The van der Waals surface area contributed by atoms with Gasteiger partial charge in [-0.15, -0.1) is 0 Å². The van der Waals surface area contributed by atoms with E-state index < -0.39 is 32.2 Å².